The fourth-order valence-corrected chi connectivity index (χ4v) is 5.88. The molecule has 3 aliphatic rings. The summed E-state index contributed by atoms with van der Waals surface area (Å²) in [6.45, 7) is 0.596. The molecule has 0 atom stereocenters. The first-order chi connectivity index (χ1) is 16.9. The number of fused-ring (bicyclic) bond motifs is 3. The minimum Gasteiger partial charge on any atom is -0.479 e. The van der Waals surface area contributed by atoms with Crippen molar-refractivity contribution in [1.82, 2.24) is 10.2 Å². The fourth-order valence-electron chi connectivity index (χ4n) is 5.88. The molecular weight excluding hydrogens is 444 g/mol. The zero-order valence-corrected chi connectivity index (χ0v) is 20.1. The van der Waals surface area contributed by atoms with Gasteiger partial charge >= 0.3 is 12.1 Å². The Hall–Kier alpha value is -3.35. The van der Waals surface area contributed by atoms with Gasteiger partial charge in [0, 0.05) is 25.9 Å². The highest BCUT2D eigenvalue weighted by Gasteiger charge is 2.51. The maximum absolute atomic E-state index is 13.0. The summed E-state index contributed by atoms with van der Waals surface area (Å²) in [4.78, 5) is 38.8. The number of carbonyl (C=O) groups excluding carboxylic acids is 2. The average molecular weight is 477 g/mol. The molecule has 2 saturated carbocycles. The maximum atomic E-state index is 13.0. The SMILES string of the molecule is CN(C(=O)CC1(CNC(=O)OCC2c3ccccc3-c3ccccc32)CCC1)C1(C(=O)O)CCC1. The third-order valence-corrected chi connectivity index (χ3v) is 8.49. The van der Waals surface area contributed by atoms with Crippen LogP contribution >= 0.6 is 0 Å². The third kappa shape index (κ3) is 4.07. The van der Waals surface area contributed by atoms with Crippen molar-refractivity contribution in [2.75, 3.05) is 20.2 Å². The van der Waals surface area contributed by atoms with E-state index in [1.165, 1.54) is 16.0 Å². The number of carboxylic acids is 1. The normalized spacial score (nSPS) is 18.9. The Morgan fingerprint density at radius 1 is 0.971 bits per heavy atom. The average Bonchev–Trinajstić information content (AvgIpc) is 3.12. The van der Waals surface area contributed by atoms with Crippen molar-refractivity contribution in [3.8, 4) is 11.1 Å². The zero-order valence-electron chi connectivity index (χ0n) is 20.1. The standard InChI is InChI=1S/C28H32N2O5/c1-30(28(25(32)33)14-7-15-28)24(31)16-27(12-6-13-27)18-29-26(34)35-17-23-21-10-4-2-8-19(21)20-9-3-5-11-22(20)23/h2-5,8-11,23H,6-7,12-18H2,1H3,(H,29,34)(H,32,33). The molecule has 0 heterocycles. The molecule has 2 aromatic rings. The van der Waals surface area contributed by atoms with Crippen LogP contribution in [0.4, 0.5) is 4.79 Å². The van der Waals surface area contributed by atoms with Gasteiger partial charge in [0.1, 0.15) is 12.1 Å². The van der Waals surface area contributed by atoms with E-state index < -0.39 is 17.6 Å². The Labute approximate surface area is 205 Å². The molecule has 2 amide bonds. The number of nitrogens with one attached hydrogen (secondary N) is 1. The summed E-state index contributed by atoms with van der Waals surface area (Å²) in [5.41, 5.74) is 3.28. The van der Waals surface area contributed by atoms with Gasteiger partial charge in [-0.15, -0.1) is 0 Å². The minimum atomic E-state index is -1.07. The van der Waals surface area contributed by atoms with E-state index in [1.807, 2.05) is 24.3 Å². The highest BCUT2D eigenvalue weighted by molar-refractivity contribution is 5.88. The van der Waals surface area contributed by atoms with E-state index in [0.717, 1.165) is 36.8 Å². The van der Waals surface area contributed by atoms with E-state index in [9.17, 15) is 19.5 Å². The molecule has 184 valence electrons. The number of rotatable bonds is 8. The third-order valence-electron chi connectivity index (χ3n) is 8.49. The zero-order chi connectivity index (χ0) is 24.6. The van der Waals surface area contributed by atoms with Crippen LogP contribution in [-0.4, -0.2) is 53.7 Å². The van der Waals surface area contributed by atoms with Gasteiger partial charge < -0.3 is 20.1 Å². The molecule has 35 heavy (non-hydrogen) atoms. The quantitative estimate of drug-likeness (QED) is 0.583. The van der Waals surface area contributed by atoms with Crippen molar-refractivity contribution in [3.63, 3.8) is 0 Å². The minimum absolute atomic E-state index is 0.00396. The molecule has 0 aromatic heterocycles. The summed E-state index contributed by atoms with van der Waals surface area (Å²) >= 11 is 0. The Kier molecular flexibility index (Phi) is 6.03. The van der Waals surface area contributed by atoms with E-state index in [4.69, 9.17) is 4.74 Å². The van der Waals surface area contributed by atoms with E-state index in [-0.39, 0.29) is 30.3 Å². The Morgan fingerprint density at radius 2 is 1.54 bits per heavy atom. The number of likely N-dealkylation sites (N-methyl/N-ethyl adjacent to an activating group) is 1. The first kappa shape index (κ1) is 23.4. The largest absolute Gasteiger partial charge is 0.479 e. The van der Waals surface area contributed by atoms with Crippen LogP contribution in [0.3, 0.4) is 0 Å². The van der Waals surface area contributed by atoms with E-state index >= 15 is 0 Å². The molecule has 2 fully saturated rings. The number of carboxylic acid groups (broad SMARTS) is 1. The molecule has 2 aromatic carbocycles. The summed E-state index contributed by atoms with van der Waals surface area (Å²) in [5, 5.41) is 12.5. The van der Waals surface area contributed by atoms with Gasteiger partial charge in [-0.2, -0.15) is 0 Å². The van der Waals surface area contributed by atoms with Crippen molar-refractivity contribution in [1.29, 1.82) is 0 Å². The van der Waals surface area contributed by atoms with Crippen molar-refractivity contribution in [2.24, 2.45) is 5.41 Å². The molecule has 7 nitrogen and oxygen atoms in total. The van der Waals surface area contributed by atoms with Gasteiger partial charge in [0.25, 0.3) is 0 Å². The number of benzene rings is 2. The van der Waals surface area contributed by atoms with Crippen LogP contribution in [0.25, 0.3) is 11.1 Å². The summed E-state index contributed by atoms with van der Waals surface area (Å²) in [6, 6.07) is 16.4. The lowest BCUT2D eigenvalue weighted by atomic mass is 9.66. The number of carbonyl (C=O) groups is 3. The summed E-state index contributed by atoms with van der Waals surface area (Å²) in [7, 11) is 1.60. The highest BCUT2D eigenvalue weighted by atomic mass is 16.5. The molecule has 7 heteroatoms. The van der Waals surface area contributed by atoms with Gasteiger partial charge in [0.15, 0.2) is 0 Å². The number of alkyl carbamates (subject to hydrolysis) is 1. The molecular formula is C28H32N2O5. The lowest BCUT2D eigenvalue weighted by Crippen LogP contribution is -2.60. The number of amides is 2. The Morgan fingerprint density at radius 3 is 2.03 bits per heavy atom. The van der Waals surface area contributed by atoms with Crippen molar-refractivity contribution < 1.29 is 24.2 Å². The molecule has 0 saturated heterocycles. The molecule has 5 rings (SSSR count). The number of hydrogen-bond acceptors (Lipinski definition) is 4. The van der Waals surface area contributed by atoms with Gasteiger partial charge in [-0.3, -0.25) is 4.79 Å². The number of aliphatic carboxylic acids is 1. The van der Waals surface area contributed by atoms with Gasteiger partial charge in [0.2, 0.25) is 5.91 Å². The van der Waals surface area contributed by atoms with Gasteiger partial charge in [0.05, 0.1) is 0 Å². The monoisotopic (exact) mass is 476 g/mol. The first-order valence-corrected chi connectivity index (χ1v) is 12.4. The molecule has 0 spiro atoms. The second kappa shape index (κ2) is 9.02. The molecule has 3 aliphatic carbocycles. The molecule has 0 bridgehead atoms. The van der Waals surface area contributed by atoms with Crippen LogP contribution in [0.2, 0.25) is 0 Å². The van der Waals surface area contributed by atoms with Crippen LogP contribution in [0, 0.1) is 5.41 Å². The molecule has 0 aliphatic heterocycles. The summed E-state index contributed by atoms with van der Waals surface area (Å²) in [6.07, 6.45) is 4.21. The molecule has 0 radical (unpaired) electrons. The fraction of sp³-hybridized carbons (Fsp3) is 0.464. The first-order valence-electron chi connectivity index (χ1n) is 12.4. The van der Waals surface area contributed by atoms with E-state index in [0.29, 0.717) is 19.4 Å². The predicted molar refractivity (Wildman–Crippen MR) is 131 cm³/mol. The van der Waals surface area contributed by atoms with Crippen LogP contribution in [0.5, 0.6) is 0 Å². The number of hydrogen-bond donors (Lipinski definition) is 2. The van der Waals surface area contributed by atoms with E-state index in [2.05, 4.69) is 29.6 Å². The number of nitrogens with zero attached hydrogens (tertiary/aromatic N) is 1. The lowest BCUT2D eigenvalue weighted by Gasteiger charge is -2.47. The smallest absolute Gasteiger partial charge is 0.407 e. The second-order valence-electron chi connectivity index (χ2n) is 10.4. The van der Waals surface area contributed by atoms with Gasteiger partial charge in [-0.1, -0.05) is 55.0 Å². The number of ether oxygens (including phenoxy) is 1. The van der Waals surface area contributed by atoms with Crippen LogP contribution in [-0.2, 0) is 14.3 Å². The maximum Gasteiger partial charge on any atom is 0.407 e. The van der Waals surface area contributed by atoms with Crippen LogP contribution in [0.15, 0.2) is 48.5 Å². The second-order valence-corrected chi connectivity index (χ2v) is 10.4. The summed E-state index contributed by atoms with van der Waals surface area (Å²) in [5.74, 6) is -1.10. The summed E-state index contributed by atoms with van der Waals surface area (Å²) < 4.78 is 5.65. The highest BCUT2D eigenvalue weighted by Crippen LogP contribution is 2.46. The topological polar surface area (TPSA) is 95.9 Å². The molecule has 0 unspecified atom stereocenters. The van der Waals surface area contributed by atoms with E-state index in [1.54, 1.807) is 7.05 Å². The molecule has 2 N–H and O–H groups in total. The Balaban J connectivity index is 1.17. The van der Waals surface area contributed by atoms with Crippen molar-refractivity contribution >= 4 is 18.0 Å². The van der Waals surface area contributed by atoms with Crippen molar-refractivity contribution in [3.05, 3.63) is 59.7 Å². The van der Waals surface area contributed by atoms with Crippen molar-refractivity contribution in [2.45, 2.75) is 56.4 Å². The Bertz CT molecular complexity index is 1110. The predicted octanol–water partition coefficient (Wildman–Crippen LogP) is 4.55. The lowest BCUT2D eigenvalue weighted by molar-refractivity contribution is -0.165. The van der Waals surface area contributed by atoms with Gasteiger partial charge in [-0.25, -0.2) is 9.59 Å². The van der Waals surface area contributed by atoms with Crippen LogP contribution in [0.1, 0.15) is 62.0 Å². The van der Waals surface area contributed by atoms with Crippen LogP contribution < -0.4 is 5.32 Å². The van der Waals surface area contributed by atoms with Gasteiger partial charge in [-0.05, 0) is 59.8 Å².